The highest BCUT2D eigenvalue weighted by molar-refractivity contribution is 7.15. The summed E-state index contributed by atoms with van der Waals surface area (Å²) in [5.41, 5.74) is 0.321. The molecule has 2 aromatic heterocycles. The zero-order chi connectivity index (χ0) is 13.8. The Morgan fingerprint density at radius 1 is 1.42 bits per heavy atom. The normalized spacial score (nSPS) is 10.5. The number of anilines is 1. The number of pyridine rings is 1. The Kier molecular flexibility index (Phi) is 4.68. The van der Waals surface area contributed by atoms with Crippen molar-refractivity contribution in [2.24, 2.45) is 0 Å². The van der Waals surface area contributed by atoms with Gasteiger partial charge in [0.05, 0.1) is 10.6 Å². The number of carbonyl (C=O) groups is 1. The molecule has 2 aromatic rings. The summed E-state index contributed by atoms with van der Waals surface area (Å²) >= 11 is 12.8. The lowest BCUT2D eigenvalue weighted by atomic mass is 10.3. The first kappa shape index (κ1) is 14.2. The van der Waals surface area contributed by atoms with E-state index in [0.717, 1.165) is 17.8 Å². The van der Waals surface area contributed by atoms with E-state index < -0.39 is 0 Å². The van der Waals surface area contributed by atoms with Gasteiger partial charge in [-0.15, -0.1) is 10.2 Å². The quantitative estimate of drug-likeness (QED) is 0.877. The molecular weight excluding hydrogens is 307 g/mol. The number of aryl methyl sites for hydroxylation is 1. The smallest absolute Gasteiger partial charge is 0.259 e. The average molecular weight is 317 g/mol. The van der Waals surface area contributed by atoms with Gasteiger partial charge in [-0.2, -0.15) is 0 Å². The monoisotopic (exact) mass is 316 g/mol. The lowest BCUT2D eigenvalue weighted by Crippen LogP contribution is -2.12. The van der Waals surface area contributed by atoms with Gasteiger partial charge in [-0.1, -0.05) is 41.5 Å². The molecule has 0 atom stereocenters. The van der Waals surface area contributed by atoms with Crippen LogP contribution < -0.4 is 5.32 Å². The van der Waals surface area contributed by atoms with Crippen LogP contribution in [0.4, 0.5) is 5.13 Å². The zero-order valence-corrected chi connectivity index (χ0v) is 12.3. The van der Waals surface area contributed by atoms with Gasteiger partial charge in [0.2, 0.25) is 5.13 Å². The zero-order valence-electron chi connectivity index (χ0n) is 9.98. The van der Waals surface area contributed by atoms with E-state index in [1.165, 1.54) is 23.6 Å². The molecule has 8 heteroatoms. The fourth-order valence-corrected chi connectivity index (χ4v) is 2.44. The Morgan fingerprint density at radius 3 is 2.89 bits per heavy atom. The molecule has 0 aliphatic carbocycles. The molecule has 0 fully saturated rings. The van der Waals surface area contributed by atoms with Crippen LogP contribution in [0.3, 0.4) is 0 Å². The Balaban J connectivity index is 2.09. The SMILES string of the molecule is CCCc1nnc(NC(=O)c2cnc(Cl)c(Cl)c2)s1. The lowest BCUT2D eigenvalue weighted by Gasteiger charge is -2.01. The van der Waals surface area contributed by atoms with Crippen LogP contribution in [0.25, 0.3) is 0 Å². The van der Waals surface area contributed by atoms with Gasteiger partial charge in [0.1, 0.15) is 10.2 Å². The van der Waals surface area contributed by atoms with E-state index in [9.17, 15) is 4.79 Å². The van der Waals surface area contributed by atoms with Crippen molar-refractivity contribution in [3.8, 4) is 0 Å². The van der Waals surface area contributed by atoms with Crippen molar-refractivity contribution in [2.75, 3.05) is 5.32 Å². The van der Waals surface area contributed by atoms with Crippen molar-refractivity contribution in [1.82, 2.24) is 15.2 Å². The summed E-state index contributed by atoms with van der Waals surface area (Å²) in [6.07, 6.45) is 3.19. The number of amides is 1. The summed E-state index contributed by atoms with van der Waals surface area (Å²) < 4.78 is 0. The largest absolute Gasteiger partial charge is 0.296 e. The summed E-state index contributed by atoms with van der Waals surface area (Å²) in [4.78, 5) is 15.7. The van der Waals surface area contributed by atoms with Crippen LogP contribution in [0.5, 0.6) is 0 Å². The van der Waals surface area contributed by atoms with E-state index in [1.807, 2.05) is 0 Å². The molecule has 19 heavy (non-hydrogen) atoms. The predicted molar refractivity (Wildman–Crippen MR) is 76.1 cm³/mol. The average Bonchev–Trinajstić information content (AvgIpc) is 2.80. The molecule has 0 aromatic carbocycles. The van der Waals surface area contributed by atoms with E-state index in [2.05, 4.69) is 27.4 Å². The Labute approximate surface area is 124 Å². The maximum Gasteiger partial charge on any atom is 0.259 e. The summed E-state index contributed by atoms with van der Waals surface area (Å²) in [6.45, 7) is 2.06. The van der Waals surface area contributed by atoms with E-state index >= 15 is 0 Å². The number of nitrogens with one attached hydrogen (secondary N) is 1. The minimum absolute atomic E-state index is 0.166. The fourth-order valence-electron chi connectivity index (χ4n) is 1.33. The predicted octanol–water partition coefficient (Wildman–Crippen LogP) is 3.44. The Bertz CT molecular complexity index is 602. The number of hydrogen-bond donors (Lipinski definition) is 1. The number of nitrogens with zero attached hydrogens (tertiary/aromatic N) is 3. The van der Waals surface area contributed by atoms with Crippen molar-refractivity contribution in [3.63, 3.8) is 0 Å². The molecule has 0 radical (unpaired) electrons. The molecule has 0 aliphatic heterocycles. The molecule has 0 bridgehead atoms. The first-order valence-corrected chi connectivity index (χ1v) is 7.12. The van der Waals surface area contributed by atoms with Crippen LogP contribution in [0.1, 0.15) is 28.7 Å². The highest BCUT2D eigenvalue weighted by Crippen LogP contribution is 2.21. The van der Waals surface area contributed by atoms with Crippen LogP contribution in [0.15, 0.2) is 12.3 Å². The standard InChI is InChI=1S/C11H10Cl2N4OS/c1-2-3-8-16-17-11(19-8)15-10(18)6-4-7(12)9(13)14-5-6/h4-5H,2-3H2,1H3,(H,15,17,18). The number of carbonyl (C=O) groups excluding carboxylic acids is 1. The molecule has 0 aliphatic rings. The van der Waals surface area contributed by atoms with E-state index in [4.69, 9.17) is 23.2 Å². The highest BCUT2D eigenvalue weighted by atomic mass is 35.5. The second-order valence-corrected chi connectivity index (χ2v) is 5.53. The Hall–Kier alpha value is -1.24. The molecule has 0 saturated carbocycles. The first-order chi connectivity index (χ1) is 9.10. The summed E-state index contributed by atoms with van der Waals surface area (Å²) in [5, 5.41) is 12.3. The summed E-state index contributed by atoms with van der Waals surface area (Å²) in [5.74, 6) is -0.342. The molecule has 100 valence electrons. The topological polar surface area (TPSA) is 67.8 Å². The second-order valence-electron chi connectivity index (χ2n) is 3.70. The second kappa shape index (κ2) is 6.27. The van der Waals surface area contributed by atoms with Gasteiger partial charge in [0, 0.05) is 12.6 Å². The molecule has 2 heterocycles. The van der Waals surface area contributed by atoms with Crippen LogP contribution in [-0.4, -0.2) is 21.1 Å². The number of hydrogen-bond acceptors (Lipinski definition) is 5. The van der Waals surface area contributed by atoms with Gasteiger partial charge in [0.15, 0.2) is 0 Å². The van der Waals surface area contributed by atoms with E-state index in [-0.39, 0.29) is 16.1 Å². The van der Waals surface area contributed by atoms with Crippen LogP contribution in [-0.2, 0) is 6.42 Å². The minimum atomic E-state index is -0.342. The molecule has 1 N–H and O–H groups in total. The highest BCUT2D eigenvalue weighted by Gasteiger charge is 2.12. The van der Waals surface area contributed by atoms with Crippen molar-refractivity contribution >= 4 is 45.6 Å². The third-order valence-corrected chi connectivity index (χ3v) is 3.79. The van der Waals surface area contributed by atoms with Gasteiger partial charge < -0.3 is 0 Å². The van der Waals surface area contributed by atoms with Crippen LogP contribution >= 0.6 is 34.5 Å². The third kappa shape index (κ3) is 3.62. The maximum absolute atomic E-state index is 11.9. The van der Waals surface area contributed by atoms with Crippen molar-refractivity contribution in [2.45, 2.75) is 19.8 Å². The fraction of sp³-hybridized carbons (Fsp3) is 0.273. The van der Waals surface area contributed by atoms with Gasteiger partial charge in [-0.3, -0.25) is 10.1 Å². The van der Waals surface area contributed by atoms with Crippen molar-refractivity contribution in [3.05, 3.63) is 33.0 Å². The molecule has 0 unspecified atom stereocenters. The number of halogens is 2. The van der Waals surface area contributed by atoms with E-state index in [0.29, 0.717) is 10.7 Å². The number of aromatic nitrogens is 3. The van der Waals surface area contributed by atoms with Gasteiger partial charge in [-0.25, -0.2) is 4.98 Å². The molecule has 5 nitrogen and oxygen atoms in total. The van der Waals surface area contributed by atoms with Gasteiger partial charge >= 0.3 is 0 Å². The Morgan fingerprint density at radius 2 is 2.21 bits per heavy atom. The minimum Gasteiger partial charge on any atom is -0.296 e. The van der Waals surface area contributed by atoms with E-state index in [1.54, 1.807) is 0 Å². The molecule has 2 rings (SSSR count). The van der Waals surface area contributed by atoms with Crippen molar-refractivity contribution < 1.29 is 4.79 Å². The first-order valence-electron chi connectivity index (χ1n) is 5.55. The van der Waals surface area contributed by atoms with Crippen LogP contribution in [0, 0.1) is 0 Å². The van der Waals surface area contributed by atoms with Crippen molar-refractivity contribution in [1.29, 1.82) is 0 Å². The summed E-state index contributed by atoms with van der Waals surface area (Å²) in [6, 6.07) is 1.46. The molecule has 0 spiro atoms. The lowest BCUT2D eigenvalue weighted by molar-refractivity contribution is 0.102. The molecule has 1 amide bonds. The third-order valence-electron chi connectivity index (χ3n) is 2.21. The maximum atomic E-state index is 11.9. The summed E-state index contributed by atoms with van der Waals surface area (Å²) in [7, 11) is 0. The molecule has 0 saturated heterocycles. The molecular formula is C11H10Cl2N4OS. The number of rotatable bonds is 4. The van der Waals surface area contributed by atoms with Crippen LogP contribution in [0.2, 0.25) is 10.2 Å². The van der Waals surface area contributed by atoms with Gasteiger partial charge in [0.25, 0.3) is 5.91 Å². The van der Waals surface area contributed by atoms with Gasteiger partial charge in [-0.05, 0) is 12.5 Å².